The van der Waals surface area contributed by atoms with Gasteiger partial charge in [-0.2, -0.15) is 0 Å². The fourth-order valence-electron chi connectivity index (χ4n) is 3.49. The van der Waals surface area contributed by atoms with Gasteiger partial charge in [-0.15, -0.1) is 0 Å². The van der Waals surface area contributed by atoms with Gasteiger partial charge >= 0.3 is 0 Å². The molecule has 4 aromatic rings. The minimum atomic E-state index is 0.388. The van der Waals surface area contributed by atoms with Gasteiger partial charge in [-0.3, -0.25) is 0 Å². The zero-order valence-corrected chi connectivity index (χ0v) is 13.6. The lowest BCUT2D eigenvalue weighted by Crippen LogP contribution is -1.91. The zero-order chi connectivity index (χ0) is 16.1. The molecular formula is C20H20N2O. The van der Waals surface area contributed by atoms with Gasteiger partial charge in [-0.25, -0.2) is 0 Å². The Morgan fingerprint density at radius 3 is 2.61 bits per heavy atom. The minimum Gasteiger partial charge on any atom is -0.507 e. The van der Waals surface area contributed by atoms with Crippen LogP contribution in [0.5, 0.6) is 5.75 Å². The van der Waals surface area contributed by atoms with Crippen LogP contribution in [0.15, 0.2) is 36.4 Å². The highest BCUT2D eigenvalue weighted by molar-refractivity contribution is 5.92. The predicted molar refractivity (Wildman–Crippen MR) is 95.3 cm³/mol. The molecule has 0 fully saturated rings. The zero-order valence-electron chi connectivity index (χ0n) is 13.6. The maximum absolute atomic E-state index is 10.5. The summed E-state index contributed by atoms with van der Waals surface area (Å²) >= 11 is 0. The van der Waals surface area contributed by atoms with Crippen LogP contribution in [-0.2, 0) is 6.42 Å². The molecule has 3 N–H and O–H groups in total. The number of rotatable bonds is 2. The van der Waals surface area contributed by atoms with Crippen LogP contribution in [0.1, 0.15) is 28.1 Å². The molecule has 4 rings (SSSR count). The van der Waals surface area contributed by atoms with E-state index in [0.717, 1.165) is 34.1 Å². The molecule has 0 aliphatic carbocycles. The van der Waals surface area contributed by atoms with E-state index in [1.165, 1.54) is 22.2 Å². The molecule has 0 aliphatic rings. The standard InChI is InChI=1S/C20H20N2O/c1-11-7-8-18-19(20(11)23)15(13(3)22-18)10-14-5-4-6-17-16(14)9-12(2)21-17/h4-9,21-23H,10H2,1-3H3. The number of aromatic hydroxyl groups is 1. The number of hydrogen-bond acceptors (Lipinski definition) is 1. The summed E-state index contributed by atoms with van der Waals surface area (Å²) in [4.78, 5) is 6.79. The van der Waals surface area contributed by atoms with Crippen LogP contribution < -0.4 is 0 Å². The smallest absolute Gasteiger partial charge is 0.128 e. The van der Waals surface area contributed by atoms with Crippen molar-refractivity contribution < 1.29 is 5.11 Å². The summed E-state index contributed by atoms with van der Waals surface area (Å²) in [6, 6.07) is 12.6. The molecular weight excluding hydrogens is 284 g/mol. The van der Waals surface area contributed by atoms with Crippen molar-refractivity contribution in [3.05, 3.63) is 64.5 Å². The van der Waals surface area contributed by atoms with E-state index in [9.17, 15) is 5.11 Å². The van der Waals surface area contributed by atoms with Gasteiger partial charge in [0.2, 0.25) is 0 Å². The predicted octanol–water partition coefficient (Wildman–Crippen LogP) is 4.87. The molecule has 0 saturated carbocycles. The molecule has 0 amide bonds. The molecule has 2 aromatic carbocycles. The first-order valence-corrected chi connectivity index (χ1v) is 7.91. The van der Waals surface area contributed by atoms with E-state index < -0.39 is 0 Å². The first kappa shape index (κ1) is 13.9. The monoisotopic (exact) mass is 304 g/mol. The number of benzene rings is 2. The maximum Gasteiger partial charge on any atom is 0.128 e. The van der Waals surface area contributed by atoms with Gasteiger partial charge < -0.3 is 15.1 Å². The summed E-state index contributed by atoms with van der Waals surface area (Å²) in [5, 5.41) is 12.7. The van der Waals surface area contributed by atoms with E-state index in [1.54, 1.807) is 0 Å². The fourth-order valence-corrected chi connectivity index (χ4v) is 3.49. The molecule has 0 saturated heterocycles. The first-order chi connectivity index (χ1) is 11.0. The van der Waals surface area contributed by atoms with Crippen molar-refractivity contribution in [1.82, 2.24) is 9.97 Å². The summed E-state index contributed by atoms with van der Waals surface area (Å²) in [6.07, 6.45) is 0.803. The molecule has 3 heteroatoms. The molecule has 2 aromatic heterocycles. The maximum atomic E-state index is 10.5. The first-order valence-electron chi connectivity index (χ1n) is 7.91. The van der Waals surface area contributed by atoms with Crippen LogP contribution in [0.25, 0.3) is 21.8 Å². The van der Waals surface area contributed by atoms with E-state index in [0.29, 0.717) is 5.75 Å². The number of hydrogen-bond donors (Lipinski definition) is 3. The third-order valence-electron chi connectivity index (χ3n) is 4.71. The molecule has 0 radical (unpaired) electrons. The number of aromatic nitrogens is 2. The Morgan fingerprint density at radius 1 is 0.957 bits per heavy atom. The molecule has 0 aliphatic heterocycles. The van der Waals surface area contributed by atoms with Crippen molar-refractivity contribution in [2.75, 3.05) is 0 Å². The van der Waals surface area contributed by atoms with Crippen LogP contribution in [0.3, 0.4) is 0 Å². The summed E-state index contributed by atoms with van der Waals surface area (Å²) in [5.74, 6) is 0.388. The van der Waals surface area contributed by atoms with E-state index in [2.05, 4.69) is 48.1 Å². The number of H-pyrrole nitrogens is 2. The Hall–Kier alpha value is -2.68. The van der Waals surface area contributed by atoms with Crippen molar-refractivity contribution in [1.29, 1.82) is 0 Å². The number of nitrogens with one attached hydrogen (secondary N) is 2. The number of aryl methyl sites for hydroxylation is 3. The molecule has 0 unspecified atom stereocenters. The van der Waals surface area contributed by atoms with Gasteiger partial charge in [0.25, 0.3) is 0 Å². The lowest BCUT2D eigenvalue weighted by Gasteiger charge is -2.07. The van der Waals surface area contributed by atoms with E-state index in [4.69, 9.17) is 0 Å². The van der Waals surface area contributed by atoms with Crippen LogP contribution >= 0.6 is 0 Å². The van der Waals surface area contributed by atoms with Gasteiger partial charge in [-0.05, 0) is 55.7 Å². The molecule has 0 spiro atoms. The second-order valence-electron chi connectivity index (χ2n) is 6.39. The van der Waals surface area contributed by atoms with Gasteiger partial charge in [0.15, 0.2) is 0 Å². The van der Waals surface area contributed by atoms with Crippen molar-refractivity contribution >= 4 is 21.8 Å². The largest absolute Gasteiger partial charge is 0.507 e. The second-order valence-corrected chi connectivity index (χ2v) is 6.39. The summed E-state index contributed by atoms with van der Waals surface area (Å²) in [5.41, 5.74) is 7.81. The molecule has 23 heavy (non-hydrogen) atoms. The lowest BCUT2D eigenvalue weighted by molar-refractivity contribution is 0.477. The second kappa shape index (κ2) is 4.92. The molecule has 0 atom stereocenters. The molecule has 2 heterocycles. The highest BCUT2D eigenvalue weighted by atomic mass is 16.3. The topological polar surface area (TPSA) is 51.8 Å². The number of phenolic OH excluding ortho intramolecular Hbond substituents is 1. The van der Waals surface area contributed by atoms with Crippen molar-refractivity contribution in [3.8, 4) is 5.75 Å². The average Bonchev–Trinajstić information content (AvgIpc) is 3.04. The Balaban J connectivity index is 1.93. The van der Waals surface area contributed by atoms with Crippen molar-refractivity contribution in [2.24, 2.45) is 0 Å². The fraction of sp³-hybridized carbons (Fsp3) is 0.200. The van der Waals surface area contributed by atoms with E-state index in [-0.39, 0.29) is 0 Å². The molecule has 116 valence electrons. The van der Waals surface area contributed by atoms with Crippen LogP contribution in [0.4, 0.5) is 0 Å². The van der Waals surface area contributed by atoms with E-state index >= 15 is 0 Å². The van der Waals surface area contributed by atoms with Crippen molar-refractivity contribution in [3.63, 3.8) is 0 Å². The number of aromatic amines is 2. The summed E-state index contributed by atoms with van der Waals surface area (Å²) in [7, 11) is 0. The number of phenols is 1. The highest BCUT2D eigenvalue weighted by Gasteiger charge is 2.15. The van der Waals surface area contributed by atoms with E-state index in [1.807, 2.05) is 19.1 Å². The Kier molecular flexibility index (Phi) is 2.98. The minimum absolute atomic E-state index is 0.388. The summed E-state index contributed by atoms with van der Waals surface area (Å²) in [6.45, 7) is 6.10. The molecule has 0 bridgehead atoms. The normalized spacial score (nSPS) is 11.6. The van der Waals surface area contributed by atoms with Gasteiger partial charge in [-0.1, -0.05) is 18.2 Å². The van der Waals surface area contributed by atoms with Gasteiger partial charge in [0, 0.05) is 39.6 Å². The highest BCUT2D eigenvalue weighted by Crippen LogP contribution is 2.35. The quantitative estimate of drug-likeness (QED) is 0.486. The third-order valence-corrected chi connectivity index (χ3v) is 4.71. The number of fused-ring (bicyclic) bond motifs is 2. The molecule has 3 nitrogen and oxygen atoms in total. The Bertz CT molecular complexity index is 1040. The summed E-state index contributed by atoms with van der Waals surface area (Å²) < 4.78 is 0. The Morgan fingerprint density at radius 2 is 1.78 bits per heavy atom. The lowest BCUT2D eigenvalue weighted by atomic mass is 9.98. The SMILES string of the molecule is Cc1cc2c(Cc3c(C)[nH]c4ccc(C)c(O)c34)cccc2[nH]1. The third kappa shape index (κ3) is 2.12. The Labute approximate surface area is 135 Å². The van der Waals surface area contributed by atoms with Crippen LogP contribution in [-0.4, -0.2) is 15.1 Å². The van der Waals surface area contributed by atoms with Crippen LogP contribution in [0.2, 0.25) is 0 Å². The van der Waals surface area contributed by atoms with Crippen LogP contribution in [0, 0.1) is 20.8 Å². The average molecular weight is 304 g/mol. The van der Waals surface area contributed by atoms with Gasteiger partial charge in [0.1, 0.15) is 5.75 Å². The van der Waals surface area contributed by atoms with Crippen molar-refractivity contribution in [2.45, 2.75) is 27.2 Å². The van der Waals surface area contributed by atoms with Gasteiger partial charge in [0.05, 0.1) is 0 Å².